The molecule has 0 aliphatic heterocycles. The van der Waals surface area contributed by atoms with Crippen molar-refractivity contribution >= 4 is 11.7 Å². The van der Waals surface area contributed by atoms with Crippen molar-refractivity contribution in [1.29, 1.82) is 0 Å². The Labute approximate surface area is 119 Å². The highest BCUT2D eigenvalue weighted by Crippen LogP contribution is 2.35. The molecule has 20 heavy (non-hydrogen) atoms. The van der Waals surface area contributed by atoms with Crippen LogP contribution in [0.3, 0.4) is 0 Å². The number of anilines is 1. The van der Waals surface area contributed by atoms with Gasteiger partial charge < -0.3 is 19.7 Å². The van der Waals surface area contributed by atoms with Crippen LogP contribution in [0.4, 0.5) is 10.5 Å². The van der Waals surface area contributed by atoms with Crippen LogP contribution in [0.5, 0.6) is 5.75 Å². The largest absolute Gasteiger partial charge is 0.497 e. The van der Waals surface area contributed by atoms with Crippen LogP contribution in [0.25, 0.3) is 0 Å². The molecular formula is C15H22N2O3. The molecule has 0 saturated heterocycles. The lowest BCUT2D eigenvalue weighted by Gasteiger charge is -2.42. The minimum atomic E-state index is -0.147. The van der Waals surface area contributed by atoms with Crippen LogP contribution in [0.15, 0.2) is 24.3 Å². The number of hydrogen-bond acceptors (Lipinski definition) is 3. The van der Waals surface area contributed by atoms with Crippen molar-refractivity contribution in [2.75, 3.05) is 33.1 Å². The van der Waals surface area contributed by atoms with Crippen LogP contribution < -0.4 is 10.1 Å². The van der Waals surface area contributed by atoms with Crippen LogP contribution in [0.1, 0.15) is 19.3 Å². The van der Waals surface area contributed by atoms with Crippen molar-refractivity contribution in [2.24, 2.45) is 0 Å². The number of carbonyl (C=O) groups excluding carboxylic acids is 1. The minimum Gasteiger partial charge on any atom is -0.497 e. The molecule has 5 nitrogen and oxygen atoms in total. The summed E-state index contributed by atoms with van der Waals surface area (Å²) in [5, 5.41) is 2.86. The van der Waals surface area contributed by atoms with E-state index >= 15 is 0 Å². The maximum atomic E-state index is 12.1. The number of amides is 2. The molecule has 0 heterocycles. The lowest BCUT2D eigenvalue weighted by Crippen LogP contribution is -2.50. The zero-order valence-corrected chi connectivity index (χ0v) is 12.3. The molecule has 0 bridgehead atoms. The van der Waals surface area contributed by atoms with Gasteiger partial charge in [-0.3, -0.25) is 0 Å². The van der Waals surface area contributed by atoms with Gasteiger partial charge in [0.15, 0.2) is 0 Å². The summed E-state index contributed by atoms with van der Waals surface area (Å²) in [4.78, 5) is 13.8. The molecule has 0 aromatic heterocycles. The topological polar surface area (TPSA) is 50.8 Å². The van der Waals surface area contributed by atoms with Crippen molar-refractivity contribution in [3.63, 3.8) is 0 Å². The second-order valence-electron chi connectivity index (χ2n) is 5.26. The Morgan fingerprint density at radius 2 is 1.95 bits per heavy atom. The monoisotopic (exact) mass is 278 g/mol. The number of urea groups is 1. The molecule has 1 N–H and O–H groups in total. The van der Waals surface area contributed by atoms with E-state index in [-0.39, 0.29) is 11.6 Å². The molecule has 1 aromatic rings. The molecule has 2 rings (SSSR count). The zero-order valence-electron chi connectivity index (χ0n) is 12.3. The van der Waals surface area contributed by atoms with Crippen molar-refractivity contribution in [1.82, 2.24) is 4.90 Å². The highest BCUT2D eigenvalue weighted by Gasteiger charge is 2.38. The Balaban J connectivity index is 1.89. The molecule has 1 aliphatic carbocycles. The van der Waals surface area contributed by atoms with Crippen molar-refractivity contribution < 1.29 is 14.3 Å². The number of likely N-dealkylation sites (N-methyl/N-ethyl adjacent to an activating group) is 1. The Kier molecular flexibility index (Phi) is 4.49. The molecule has 1 fully saturated rings. The lowest BCUT2D eigenvalue weighted by molar-refractivity contribution is -0.0818. The van der Waals surface area contributed by atoms with Crippen molar-refractivity contribution in [3.8, 4) is 5.75 Å². The van der Waals surface area contributed by atoms with Crippen molar-refractivity contribution in [2.45, 2.75) is 24.9 Å². The summed E-state index contributed by atoms with van der Waals surface area (Å²) in [7, 11) is 5.12. The number of ether oxygens (including phenoxy) is 2. The molecule has 0 spiro atoms. The van der Waals surface area contributed by atoms with Gasteiger partial charge in [0, 0.05) is 19.8 Å². The standard InChI is InChI=1S/C15H22N2O3/c1-17(11-15(20-3)9-4-10-15)14(18)16-12-5-7-13(19-2)8-6-12/h5-8H,4,9-11H2,1-3H3,(H,16,18). The predicted octanol–water partition coefficient (Wildman–Crippen LogP) is 2.73. The SMILES string of the molecule is COc1ccc(NC(=O)N(C)CC2(OC)CCC2)cc1. The number of rotatable bonds is 5. The normalized spacial score (nSPS) is 16.1. The minimum absolute atomic E-state index is 0.126. The Hall–Kier alpha value is -1.75. The van der Waals surface area contributed by atoms with Gasteiger partial charge in [0.25, 0.3) is 0 Å². The first-order valence-electron chi connectivity index (χ1n) is 6.80. The fourth-order valence-corrected chi connectivity index (χ4v) is 2.40. The Morgan fingerprint density at radius 1 is 1.30 bits per heavy atom. The maximum absolute atomic E-state index is 12.1. The highest BCUT2D eigenvalue weighted by molar-refractivity contribution is 5.89. The van der Waals surface area contributed by atoms with Crippen LogP contribution in [-0.4, -0.2) is 44.3 Å². The van der Waals surface area contributed by atoms with E-state index in [1.807, 2.05) is 24.3 Å². The van der Waals surface area contributed by atoms with Crippen LogP contribution in [0.2, 0.25) is 0 Å². The number of carbonyl (C=O) groups is 1. The first kappa shape index (κ1) is 14.7. The number of benzene rings is 1. The zero-order chi connectivity index (χ0) is 14.6. The predicted molar refractivity (Wildman–Crippen MR) is 78.2 cm³/mol. The van der Waals surface area contributed by atoms with Crippen LogP contribution in [0, 0.1) is 0 Å². The third-order valence-electron chi connectivity index (χ3n) is 3.91. The second-order valence-corrected chi connectivity index (χ2v) is 5.26. The van der Waals surface area contributed by atoms with Gasteiger partial charge in [-0.15, -0.1) is 0 Å². The summed E-state index contributed by atoms with van der Waals surface area (Å²) >= 11 is 0. The van der Waals surface area contributed by atoms with Gasteiger partial charge in [-0.05, 0) is 43.5 Å². The maximum Gasteiger partial charge on any atom is 0.321 e. The summed E-state index contributed by atoms with van der Waals surface area (Å²) in [6, 6.07) is 7.15. The van der Waals surface area contributed by atoms with Gasteiger partial charge in [-0.2, -0.15) is 0 Å². The van der Waals surface area contributed by atoms with E-state index in [0.29, 0.717) is 6.54 Å². The average Bonchev–Trinajstić information content (AvgIpc) is 2.43. The van der Waals surface area contributed by atoms with Gasteiger partial charge in [-0.25, -0.2) is 4.79 Å². The van der Waals surface area contributed by atoms with Gasteiger partial charge >= 0.3 is 6.03 Å². The fraction of sp³-hybridized carbons (Fsp3) is 0.533. The number of methoxy groups -OCH3 is 2. The number of nitrogens with zero attached hydrogens (tertiary/aromatic N) is 1. The first-order valence-corrected chi connectivity index (χ1v) is 6.80. The van der Waals surface area contributed by atoms with E-state index in [1.54, 1.807) is 26.2 Å². The third-order valence-corrected chi connectivity index (χ3v) is 3.91. The molecule has 110 valence electrons. The van der Waals surface area contributed by atoms with E-state index in [2.05, 4.69) is 5.32 Å². The molecule has 1 aliphatic rings. The average molecular weight is 278 g/mol. The lowest BCUT2D eigenvalue weighted by atomic mass is 9.79. The summed E-state index contributed by atoms with van der Waals surface area (Å²) < 4.78 is 10.6. The third kappa shape index (κ3) is 3.22. The van der Waals surface area contributed by atoms with Crippen LogP contribution >= 0.6 is 0 Å². The molecule has 0 radical (unpaired) electrons. The summed E-state index contributed by atoms with van der Waals surface area (Å²) in [6.07, 6.45) is 3.20. The summed E-state index contributed by atoms with van der Waals surface area (Å²) in [5.74, 6) is 0.768. The molecule has 2 amide bonds. The molecule has 1 aromatic carbocycles. The molecule has 0 atom stereocenters. The van der Waals surface area contributed by atoms with E-state index in [1.165, 1.54) is 6.42 Å². The molecule has 5 heteroatoms. The van der Waals surface area contributed by atoms with Crippen molar-refractivity contribution in [3.05, 3.63) is 24.3 Å². The quantitative estimate of drug-likeness (QED) is 0.901. The Bertz CT molecular complexity index is 449. The number of nitrogens with one attached hydrogen (secondary N) is 1. The number of hydrogen-bond donors (Lipinski definition) is 1. The van der Waals surface area contributed by atoms with Gasteiger partial charge in [0.1, 0.15) is 5.75 Å². The van der Waals surface area contributed by atoms with Crippen LogP contribution in [-0.2, 0) is 4.74 Å². The highest BCUT2D eigenvalue weighted by atomic mass is 16.5. The van der Waals surface area contributed by atoms with E-state index < -0.39 is 0 Å². The summed E-state index contributed by atoms with van der Waals surface area (Å²) in [5.41, 5.74) is 0.606. The van der Waals surface area contributed by atoms with E-state index in [9.17, 15) is 4.79 Å². The fourth-order valence-electron chi connectivity index (χ4n) is 2.40. The first-order chi connectivity index (χ1) is 9.58. The smallest absolute Gasteiger partial charge is 0.321 e. The molecular weight excluding hydrogens is 256 g/mol. The van der Waals surface area contributed by atoms with Gasteiger partial charge in [-0.1, -0.05) is 0 Å². The van der Waals surface area contributed by atoms with Gasteiger partial charge in [0.2, 0.25) is 0 Å². The van der Waals surface area contributed by atoms with Gasteiger partial charge in [0.05, 0.1) is 19.3 Å². The molecule has 1 saturated carbocycles. The summed E-state index contributed by atoms with van der Waals surface area (Å²) in [6.45, 7) is 0.617. The van der Waals surface area contributed by atoms with E-state index in [0.717, 1.165) is 24.3 Å². The Morgan fingerprint density at radius 3 is 2.40 bits per heavy atom. The second kappa shape index (κ2) is 6.13. The molecule has 0 unspecified atom stereocenters. The van der Waals surface area contributed by atoms with E-state index in [4.69, 9.17) is 9.47 Å².